The van der Waals surface area contributed by atoms with Crippen LogP contribution in [0, 0.1) is 5.92 Å². The van der Waals surface area contributed by atoms with Crippen molar-refractivity contribution in [3.8, 4) is 0 Å². The fraction of sp³-hybridized carbons (Fsp3) is 0.500. The molecule has 20 heavy (non-hydrogen) atoms. The Hall–Kier alpha value is -1.07. The number of alkyl halides is 1. The first-order valence-electron chi connectivity index (χ1n) is 6.87. The minimum Gasteiger partial charge on any atom is -0.267 e. The Kier molecular flexibility index (Phi) is 3.73. The smallest absolute Gasteiger partial charge is 0.263 e. The average molecular weight is 313 g/mol. The van der Waals surface area contributed by atoms with E-state index in [1.807, 2.05) is 6.07 Å². The number of hydrogen-bond donors (Lipinski definition) is 1. The van der Waals surface area contributed by atoms with Crippen molar-refractivity contribution in [3.63, 3.8) is 0 Å². The van der Waals surface area contributed by atoms with Crippen molar-refractivity contribution in [1.29, 1.82) is 0 Å². The summed E-state index contributed by atoms with van der Waals surface area (Å²) in [7, 11) is -3.42. The molecule has 6 heteroatoms. The molecule has 108 valence electrons. The number of sulfonamides is 1. The molecule has 0 bridgehead atoms. The minimum absolute atomic E-state index is 0.296. The number of fused-ring (bicyclic) bond motifs is 1. The molecule has 1 aliphatic carbocycles. The van der Waals surface area contributed by atoms with Gasteiger partial charge in [0.2, 0.25) is 0 Å². The van der Waals surface area contributed by atoms with Gasteiger partial charge in [-0.2, -0.15) is 0 Å². The van der Waals surface area contributed by atoms with Gasteiger partial charge in [-0.15, -0.1) is 11.6 Å². The third kappa shape index (κ3) is 2.69. The Labute approximate surface area is 124 Å². The summed E-state index contributed by atoms with van der Waals surface area (Å²) in [4.78, 5) is 4.81. The summed E-state index contributed by atoms with van der Waals surface area (Å²) in [6, 6.07) is 6.96. The highest BCUT2D eigenvalue weighted by atomic mass is 35.5. The fourth-order valence-electron chi connectivity index (χ4n) is 2.78. The van der Waals surface area contributed by atoms with Gasteiger partial charge < -0.3 is 0 Å². The molecule has 0 spiro atoms. The molecule has 0 aromatic heterocycles. The number of aliphatic imine (C=N–C) groups is 1. The molecule has 1 aromatic carbocycles. The van der Waals surface area contributed by atoms with Crippen LogP contribution in [-0.4, -0.2) is 26.2 Å². The predicted octanol–water partition coefficient (Wildman–Crippen LogP) is 2.52. The lowest BCUT2D eigenvalue weighted by Gasteiger charge is -2.23. The van der Waals surface area contributed by atoms with E-state index in [-0.39, 0.29) is 0 Å². The van der Waals surface area contributed by atoms with Crippen LogP contribution < -0.4 is 4.72 Å². The topological polar surface area (TPSA) is 58.5 Å². The second-order valence-corrected chi connectivity index (χ2v) is 7.68. The zero-order valence-corrected chi connectivity index (χ0v) is 12.6. The molecule has 1 N–H and O–H groups in total. The number of amidine groups is 1. The molecule has 2 aliphatic rings. The molecule has 4 nitrogen and oxygen atoms in total. The average Bonchev–Trinajstić information content (AvgIpc) is 2.70. The molecule has 1 aliphatic heterocycles. The van der Waals surface area contributed by atoms with Crippen molar-refractivity contribution in [2.45, 2.75) is 36.0 Å². The van der Waals surface area contributed by atoms with Crippen LogP contribution >= 0.6 is 11.6 Å². The van der Waals surface area contributed by atoms with E-state index in [0.29, 0.717) is 34.1 Å². The van der Waals surface area contributed by atoms with Crippen molar-refractivity contribution >= 4 is 27.5 Å². The molecular weight excluding hydrogens is 296 g/mol. The lowest BCUT2D eigenvalue weighted by atomic mass is 9.89. The Balaban J connectivity index is 1.77. The molecule has 1 fully saturated rings. The number of benzene rings is 1. The summed E-state index contributed by atoms with van der Waals surface area (Å²) < 4.78 is 26.4. The van der Waals surface area contributed by atoms with Crippen molar-refractivity contribution in [1.82, 2.24) is 4.72 Å². The van der Waals surface area contributed by atoms with Gasteiger partial charge in [-0.3, -0.25) is 9.71 Å². The molecule has 0 saturated heterocycles. The van der Waals surface area contributed by atoms with Gasteiger partial charge >= 0.3 is 0 Å². The monoisotopic (exact) mass is 312 g/mol. The molecule has 0 atom stereocenters. The van der Waals surface area contributed by atoms with E-state index in [1.54, 1.807) is 18.2 Å². The van der Waals surface area contributed by atoms with E-state index in [1.165, 1.54) is 0 Å². The molecule has 3 rings (SSSR count). The van der Waals surface area contributed by atoms with E-state index in [4.69, 9.17) is 11.6 Å². The first kappa shape index (κ1) is 13.9. The summed E-state index contributed by atoms with van der Waals surface area (Å²) in [5.41, 5.74) is 0.679. The lowest BCUT2D eigenvalue weighted by molar-refractivity contribution is 0.371. The van der Waals surface area contributed by atoms with Crippen LogP contribution in [0.1, 0.15) is 31.2 Å². The van der Waals surface area contributed by atoms with Gasteiger partial charge in [-0.1, -0.05) is 12.1 Å². The van der Waals surface area contributed by atoms with Crippen LogP contribution in [-0.2, 0) is 10.0 Å². The van der Waals surface area contributed by atoms with Crippen molar-refractivity contribution in [2.75, 3.05) is 6.54 Å². The quantitative estimate of drug-likeness (QED) is 0.853. The van der Waals surface area contributed by atoms with E-state index < -0.39 is 10.0 Å². The molecule has 1 heterocycles. The normalized spacial score (nSPS) is 29.9. The van der Waals surface area contributed by atoms with Crippen LogP contribution in [0.4, 0.5) is 0 Å². The number of rotatable bonds is 2. The third-order valence-corrected chi connectivity index (χ3v) is 5.78. The number of halogens is 1. The maximum absolute atomic E-state index is 11.9. The summed E-state index contributed by atoms with van der Waals surface area (Å²) in [6.45, 7) is 0.662. The summed E-state index contributed by atoms with van der Waals surface area (Å²) in [5.74, 6) is 0.989. The lowest BCUT2D eigenvalue weighted by Crippen LogP contribution is -2.24. The Morgan fingerprint density at radius 1 is 1.20 bits per heavy atom. The SMILES string of the molecule is O=S1(=O)NC(=NCC2CCC(Cl)CC2)c2ccccc21. The summed E-state index contributed by atoms with van der Waals surface area (Å²) >= 11 is 6.09. The fourth-order valence-corrected chi connectivity index (χ4v) is 4.28. The minimum atomic E-state index is -3.42. The first-order chi connectivity index (χ1) is 9.56. The van der Waals surface area contributed by atoms with Crippen molar-refractivity contribution in [2.24, 2.45) is 10.9 Å². The Morgan fingerprint density at radius 3 is 2.65 bits per heavy atom. The van der Waals surface area contributed by atoms with Crippen LogP contribution in [0.2, 0.25) is 0 Å². The van der Waals surface area contributed by atoms with Crippen LogP contribution in [0.15, 0.2) is 34.2 Å². The predicted molar refractivity (Wildman–Crippen MR) is 79.8 cm³/mol. The van der Waals surface area contributed by atoms with E-state index in [0.717, 1.165) is 25.7 Å². The molecule has 0 radical (unpaired) electrons. The van der Waals surface area contributed by atoms with Crippen LogP contribution in [0.3, 0.4) is 0 Å². The zero-order valence-electron chi connectivity index (χ0n) is 11.0. The van der Waals surface area contributed by atoms with Crippen molar-refractivity contribution in [3.05, 3.63) is 29.8 Å². The largest absolute Gasteiger partial charge is 0.267 e. The molecule has 1 saturated carbocycles. The van der Waals surface area contributed by atoms with Gasteiger partial charge in [0.1, 0.15) is 5.84 Å². The molecule has 0 amide bonds. The highest BCUT2D eigenvalue weighted by Gasteiger charge is 2.30. The maximum atomic E-state index is 11.9. The Morgan fingerprint density at radius 2 is 1.90 bits per heavy atom. The molecular formula is C14H17ClN2O2S. The van der Waals surface area contributed by atoms with E-state index in [2.05, 4.69) is 9.71 Å². The van der Waals surface area contributed by atoms with Gasteiger partial charge in [0.25, 0.3) is 10.0 Å². The van der Waals surface area contributed by atoms with Crippen LogP contribution in [0.5, 0.6) is 0 Å². The number of hydrogen-bond acceptors (Lipinski definition) is 3. The van der Waals surface area contributed by atoms with Gasteiger partial charge in [0.15, 0.2) is 0 Å². The summed E-state index contributed by atoms with van der Waals surface area (Å²) in [6.07, 6.45) is 4.19. The van der Waals surface area contributed by atoms with Crippen molar-refractivity contribution < 1.29 is 8.42 Å². The third-order valence-electron chi connectivity index (χ3n) is 3.95. The second-order valence-electron chi connectivity index (χ2n) is 5.41. The molecule has 1 aromatic rings. The van der Waals surface area contributed by atoms with Crippen LogP contribution in [0.25, 0.3) is 0 Å². The van der Waals surface area contributed by atoms with Gasteiger partial charge in [-0.05, 0) is 43.7 Å². The maximum Gasteiger partial charge on any atom is 0.263 e. The number of nitrogens with zero attached hydrogens (tertiary/aromatic N) is 1. The first-order valence-corrected chi connectivity index (χ1v) is 8.79. The van der Waals surface area contributed by atoms with Gasteiger partial charge in [0.05, 0.1) is 4.90 Å². The van der Waals surface area contributed by atoms with E-state index in [9.17, 15) is 8.42 Å². The van der Waals surface area contributed by atoms with Gasteiger partial charge in [-0.25, -0.2) is 8.42 Å². The highest BCUT2D eigenvalue weighted by molar-refractivity contribution is 7.90. The standard InChI is InChI=1S/C14H17ClN2O2S/c15-11-7-5-10(6-8-11)9-16-14-12-3-1-2-4-13(12)20(18,19)17-14/h1-4,10-11H,5-9H2,(H,16,17). The van der Waals surface area contributed by atoms with Gasteiger partial charge in [0, 0.05) is 17.5 Å². The summed E-state index contributed by atoms with van der Waals surface area (Å²) in [5, 5.41) is 0.296. The Bertz CT molecular complexity index is 634. The van der Waals surface area contributed by atoms with E-state index >= 15 is 0 Å². The second kappa shape index (κ2) is 5.37. The number of nitrogens with one attached hydrogen (secondary N) is 1. The molecule has 0 unspecified atom stereocenters. The zero-order chi connectivity index (χ0) is 14.2. The highest BCUT2D eigenvalue weighted by Crippen LogP contribution is 2.28.